The number of pyridine rings is 1. The fourth-order valence-electron chi connectivity index (χ4n) is 2.86. The zero-order valence-electron chi connectivity index (χ0n) is 12.9. The van der Waals surface area contributed by atoms with E-state index in [9.17, 15) is 9.59 Å². The average molecular weight is 346 g/mol. The average Bonchev–Trinajstić information content (AvgIpc) is 3.28. The highest BCUT2D eigenvalue weighted by molar-refractivity contribution is 6.29. The largest absolute Gasteiger partial charge is 0.336 e. The fourth-order valence-corrected chi connectivity index (χ4v) is 2.98. The van der Waals surface area contributed by atoms with Gasteiger partial charge in [-0.25, -0.2) is 14.8 Å². The minimum atomic E-state index is -0.410. The van der Waals surface area contributed by atoms with Crippen LogP contribution in [0.1, 0.15) is 36.7 Å². The molecular weight excluding hydrogens is 330 g/mol. The van der Waals surface area contributed by atoms with Crippen LogP contribution in [0.15, 0.2) is 27.9 Å². The topological polar surface area (TPSA) is 96.4 Å². The number of halogens is 1. The molecule has 1 aliphatic carbocycles. The molecule has 0 aromatic carbocycles. The first-order chi connectivity index (χ1) is 11.6. The van der Waals surface area contributed by atoms with Crippen LogP contribution in [-0.2, 0) is 12.8 Å². The summed E-state index contributed by atoms with van der Waals surface area (Å²) in [5.74, 6) is 0.720. The van der Waals surface area contributed by atoms with Gasteiger partial charge >= 0.3 is 5.69 Å². The highest BCUT2D eigenvalue weighted by Gasteiger charge is 2.28. The molecule has 0 amide bonds. The molecule has 0 bridgehead atoms. The number of nitrogens with one attached hydrogen (secondary N) is 2. The van der Waals surface area contributed by atoms with Gasteiger partial charge in [-0.1, -0.05) is 17.7 Å². The van der Waals surface area contributed by atoms with E-state index in [-0.39, 0.29) is 11.7 Å². The normalized spacial score (nSPS) is 14.4. The van der Waals surface area contributed by atoms with Crippen LogP contribution in [0.3, 0.4) is 0 Å². The molecule has 3 aromatic rings. The molecule has 124 valence electrons. The van der Waals surface area contributed by atoms with E-state index < -0.39 is 5.56 Å². The lowest BCUT2D eigenvalue weighted by Gasteiger charge is -2.02. The summed E-state index contributed by atoms with van der Waals surface area (Å²) in [6.45, 7) is 0. The summed E-state index contributed by atoms with van der Waals surface area (Å²) in [5.41, 5.74) is 1.16. The van der Waals surface area contributed by atoms with Crippen LogP contribution in [0, 0.1) is 0 Å². The fraction of sp³-hybridized carbons (Fsp3) is 0.375. The van der Waals surface area contributed by atoms with E-state index in [1.807, 2.05) is 6.07 Å². The summed E-state index contributed by atoms with van der Waals surface area (Å²) < 4.78 is 1.60. The van der Waals surface area contributed by atoms with Gasteiger partial charge in [-0.2, -0.15) is 0 Å². The predicted molar refractivity (Wildman–Crippen MR) is 90.5 cm³/mol. The Bertz CT molecular complexity index is 998. The zero-order chi connectivity index (χ0) is 16.7. The second-order valence-corrected chi connectivity index (χ2v) is 6.47. The second-order valence-electron chi connectivity index (χ2n) is 6.09. The number of hydrogen-bond donors (Lipinski definition) is 2. The lowest BCUT2D eigenvalue weighted by Crippen LogP contribution is -2.29. The van der Waals surface area contributed by atoms with E-state index in [2.05, 4.69) is 19.9 Å². The first-order valence-corrected chi connectivity index (χ1v) is 8.33. The monoisotopic (exact) mass is 345 g/mol. The van der Waals surface area contributed by atoms with Crippen molar-refractivity contribution >= 4 is 22.8 Å². The number of hydrogen-bond acceptors (Lipinski definition) is 4. The van der Waals surface area contributed by atoms with Gasteiger partial charge in [0.2, 0.25) is 0 Å². The molecule has 7 nitrogen and oxygen atoms in total. The highest BCUT2D eigenvalue weighted by Crippen LogP contribution is 2.34. The molecule has 3 aromatic heterocycles. The third-order valence-electron chi connectivity index (χ3n) is 4.21. The van der Waals surface area contributed by atoms with E-state index in [0.29, 0.717) is 22.7 Å². The first kappa shape index (κ1) is 15.1. The Kier molecular flexibility index (Phi) is 3.72. The lowest BCUT2D eigenvalue weighted by molar-refractivity contribution is 0.699. The van der Waals surface area contributed by atoms with Crippen LogP contribution in [0.5, 0.6) is 0 Å². The SMILES string of the molecule is O=c1[nH]c(=O)n(C2CC2)c2nc(CCCc3ccc(Cl)nc3)[nH]c12. The van der Waals surface area contributed by atoms with Crippen molar-refractivity contribution in [1.29, 1.82) is 0 Å². The number of rotatable bonds is 5. The van der Waals surface area contributed by atoms with Gasteiger partial charge in [0.1, 0.15) is 16.5 Å². The molecule has 0 atom stereocenters. The Balaban J connectivity index is 1.55. The molecule has 0 saturated heterocycles. The van der Waals surface area contributed by atoms with Crippen molar-refractivity contribution < 1.29 is 0 Å². The van der Waals surface area contributed by atoms with Gasteiger partial charge in [0.15, 0.2) is 5.65 Å². The second kappa shape index (κ2) is 5.90. The number of nitrogens with zero attached hydrogens (tertiary/aromatic N) is 3. The molecule has 8 heteroatoms. The number of aromatic nitrogens is 5. The molecule has 0 unspecified atom stereocenters. The summed E-state index contributed by atoms with van der Waals surface area (Å²) in [6.07, 6.45) is 6.05. The standard InChI is InChI=1S/C16H16ClN5O2/c17-11-7-4-9(8-18-11)2-1-3-12-19-13-14(20-12)22(10-5-6-10)16(24)21-15(13)23/h4,7-8,10H,1-3,5-6H2,(H,19,20)(H,21,23,24). The molecule has 0 spiro atoms. The van der Waals surface area contributed by atoms with Gasteiger partial charge in [-0.3, -0.25) is 14.3 Å². The third-order valence-corrected chi connectivity index (χ3v) is 4.43. The third kappa shape index (κ3) is 2.87. The van der Waals surface area contributed by atoms with Gasteiger partial charge in [0.25, 0.3) is 5.56 Å². The minimum absolute atomic E-state index is 0.160. The molecule has 2 N–H and O–H groups in total. The molecule has 24 heavy (non-hydrogen) atoms. The van der Waals surface area contributed by atoms with Crippen molar-refractivity contribution in [2.75, 3.05) is 0 Å². The first-order valence-electron chi connectivity index (χ1n) is 7.95. The van der Waals surface area contributed by atoms with Crippen molar-refractivity contribution in [1.82, 2.24) is 24.5 Å². The molecular formula is C16H16ClN5O2. The summed E-state index contributed by atoms with van der Waals surface area (Å²) in [4.78, 5) is 38.0. The maximum Gasteiger partial charge on any atom is 0.330 e. The van der Waals surface area contributed by atoms with E-state index in [1.165, 1.54) is 0 Å². The summed E-state index contributed by atoms with van der Waals surface area (Å²) in [5, 5.41) is 0.480. The summed E-state index contributed by atoms with van der Waals surface area (Å²) in [6, 6.07) is 3.88. The van der Waals surface area contributed by atoms with Crippen LogP contribution in [0.25, 0.3) is 11.2 Å². The van der Waals surface area contributed by atoms with Gasteiger partial charge in [-0.15, -0.1) is 0 Å². The van der Waals surface area contributed by atoms with Crippen molar-refractivity contribution in [2.45, 2.75) is 38.1 Å². The molecule has 4 rings (SSSR count). The van der Waals surface area contributed by atoms with Crippen LogP contribution < -0.4 is 11.2 Å². The van der Waals surface area contributed by atoms with Crippen LogP contribution in [0.2, 0.25) is 5.15 Å². The van der Waals surface area contributed by atoms with Crippen molar-refractivity contribution in [3.63, 3.8) is 0 Å². The summed E-state index contributed by atoms with van der Waals surface area (Å²) in [7, 11) is 0. The zero-order valence-corrected chi connectivity index (χ0v) is 13.6. The van der Waals surface area contributed by atoms with Crippen molar-refractivity contribution in [3.05, 3.63) is 55.7 Å². The molecule has 1 aliphatic rings. The highest BCUT2D eigenvalue weighted by atomic mass is 35.5. The Morgan fingerprint density at radius 1 is 1.21 bits per heavy atom. The molecule has 1 fully saturated rings. The lowest BCUT2D eigenvalue weighted by atomic mass is 10.1. The van der Waals surface area contributed by atoms with Gasteiger partial charge in [0.05, 0.1) is 0 Å². The predicted octanol–water partition coefficient (Wildman–Crippen LogP) is 1.97. The van der Waals surface area contributed by atoms with E-state index in [4.69, 9.17) is 11.6 Å². The van der Waals surface area contributed by atoms with E-state index >= 15 is 0 Å². The Hall–Kier alpha value is -2.41. The molecule has 0 radical (unpaired) electrons. The quantitative estimate of drug-likeness (QED) is 0.691. The number of fused-ring (bicyclic) bond motifs is 1. The number of imidazole rings is 1. The van der Waals surface area contributed by atoms with Crippen molar-refractivity contribution in [3.8, 4) is 0 Å². The Labute approximate surface area is 141 Å². The summed E-state index contributed by atoms with van der Waals surface area (Å²) >= 11 is 5.77. The van der Waals surface area contributed by atoms with Gasteiger partial charge in [0, 0.05) is 18.7 Å². The minimum Gasteiger partial charge on any atom is -0.336 e. The smallest absolute Gasteiger partial charge is 0.330 e. The maximum absolute atomic E-state index is 12.0. The van der Waals surface area contributed by atoms with Crippen LogP contribution >= 0.6 is 11.6 Å². The number of H-pyrrole nitrogens is 2. The molecule has 0 aliphatic heterocycles. The molecule has 3 heterocycles. The molecule has 1 saturated carbocycles. The number of aryl methyl sites for hydroxylation is 2. The van der Waals surface area contributed by atoms with Crippen molar-refractivity contribution in [2.24, 2.45) is 0 Å². The maximum atomic E-state index is 12.0. The number of aromatic amines is 2. The van der Waals surface area contributed by atoms with Gasteiger partial charge in [-0.05, 0) is 37.3 Å². The Morgan fingerprint density at radius 3 is 2.75 bits per heavy atom. The van der Waals surface area contributed by atoms with Crippen LogP contribution in [0.4, 0.5) is 0 Å². The van der Waals surface area contributed by atoms with E-state index in [0.717, 1.165) is 37.1 Å². The van der Waals surface area contributed by atoms with Gasteiger partial charge < -0.3 is 4.98 Å². The Morgan fingerprint density at radius 2 is 2.04 bits per heavy atom. The van der Waals surface area contributed by atoms with E-state index in [1.54, 1.807) is 16.8 Å². The van der Waals surface area contributed by atoms with Crippen LogP contribution in [-0.4, -0.2) is 24.5 Å².